The first-order chi connectivity index (χ1) is 9.18. The van der Waals surface area contributed by atoms with Gasteiger partial charge in [-0.25, -0.2) is 0 Å². The van der Waals surface area contributed by atoms with Gasteiger partial charge in [0.25, 0.3) is 5.91 Å². The molecular formula is C15H23N3O. The van der Waals surface area contributed by atoms with Crippen molar-refractivity contribution < 1.29 is 4.79 Å². The number of fused-ring (bicyclic) bond motifs is 1. The summed E-state index contributed by atoms with van der Waals surface area (Å²) in [5.74, 6) is 0.177. The normalized spacial score (nSPS) is 16.2. The Hall–Kier alpha value is -1.39. The largest absolute Gasteiger partial charge is 0.337 e. The van der Waals surface area contributed by atoms with Gasteiger partial charge in [-0.1, -0.05) is 18.2 Å². The Morgan fingerprint density at radius 2 is 2.11 bits per heavy atom. The van der Waals surface area contributed by atoms with Crippen molar-refractivity contribution in [1.82, 2.24) is 15.1 Å². The van der Waals surface area contributed by atoms with E-state index in [1.807, 2.05) is 29.2 Å². The maximum atomic E-state index is 12.5. The highest BCUT2D eigenvalue weighted by Crippen LogP contribution is 2.13. The van der Waals surface area contributed by atoms with E-state index in [-0.39, 0.29) is 5.91 Å². The topological polar surface area (TPSA) is 35.6 Å². The number of hydrogen-bond donors (Lipinski definition) is 1. The summed E-state index contributed by atoms with van der Waals surface area (Å²) >= 11 is 0. The smallest absolute Gasteiger partial charge is 0.254 e. The van der Waals surface area contributed by atoms with E-state index in [1.54, 1.807) is 0 Å². The molecule has 0 saturated carbocycles. The summed E-state index contributed by atoms with van der Waals surface area (Å²) in [5.41, 5.74) is 1.95. The van der Waals surface area contributed by atoms with Gasteiger partial charge in [-0.15, -0.1) is 0 Å². The predicted molar refractivity (Wildman–Crippen MR) is 77.2 cm³/mol. The summed E-state index contributed by atoms with van der Waals surface area (Å²) in [6, 6.07) is 7.90. The van der Waals surface area contributed by atoms with Gasteiger partial charge in [-0.3, -0.25) is 4.79 Å². The van der Waals surface area contributed by atoms with Crippen LogP contribution in [0.4, 0.5) is 0 Å². The van der Waals surface area contributed by atoms with Gasteiger partial charge >= 0.3 is 0 Å². The molecule has 1 aliphatic heterocycles. The molecule has 104 valence electrons. The van der Waals surface area contributed by atoms with Gasteiger partial charge < -0.3 is 15.1 Å². The molecule has 1 heterocycles. The third-order valence-corrected chi connectivity index (χ3v) is 3.44. The Kier molecular flexibility index (Phi) is 4.93. The molecule has 4 heteroatoms. The van der Waals surface area contributed by atoms with Crippen LogP contribution in [0, 0.1) is 0 Å². The van der Waals surface area contributed by atoms with Gasteiger partial charge in [0, 0.05) is 31.7 Å². The highest BCUT2D eigenvalue weighted by Gasteiger charge is 2.19. The highest BCUT2D eigenvalue weighted by atomic mass is 16.2. The molecule has 0 aromatic heterocycles. The number of rotatable bonds is 4. The average molecular weight is 261 g/mol. The van der Waals surface area contributed by atoms with Crippen LogP contribution in [0.2, 0.25) is 0 Å². The van der Waals surface area contributed by atoms with Gasteiger partial charge in [-0.05, 0) is 38.7 Å². The zero-order valence-corrected chi connectivity index (χ0v) is 11.9. The van der Waals surface area contributed by atoms with Gasteiger partial charge in [0.1, 0.15) is 0 Å². The van der Waals surface area contributed by atoms with Crippen molar-refractivity contribution in [2.75, 3.05) is 40.3 Å². The zero-order chi connectivity index (χ0) is 13.7. The lowest BCUT2D eigenvalue weighted by Crippen LogP contribution is -2.41. The second kappa shape index (κ2) is 6.68. The van der Waals surface area contributed by atoms with Gasteiger partial charge in [-0.2, -0.15) is 0 Å². The molecule has 0 radical (unpaired) electrons. The molecule has 2 rings (SSSR count). The standard InChI is InChI=1S/C15H23N3O/c1-17(2)9-5-10-18-11-8-16-12-13-6-3-4-7-14(13)15(18)19/h3-4,6-7,16H,5,8-12H2,1-2H3. The molecule has 0 bridgehead atoms. The SMILES string of the molecule is CN(C)CCCN1CCNCc2ccccc2C1=O. The van der Waals surface area contributed by atoms with Crippen LogP contribution in [0.25, 0.3) is 0 Å². The minimum absolute atomic E-state index is 0.177. The number of nitrogens with zero attached hydrogens (tertiary/aromatic N) is 2. The molecule has 1 aliphatic rings. The fourth-order valence-electron chi connectivity index (χ4n) is 2.38. The summed E-state index contributed by atoms with van der Waals surface area (Å²) in [5, 5.41) is 3.39. The Bertz CT molecular complexity index is 431. The van der Waals surface area contributed by atoms with E-state index in [4.69, 9.17) is 0 Å². The molecule has 0 aliphatic carbocycles. The molecule has 0 atom stereocenters. The Morgan fingerprint density at radius 3 is 2.89 bits per heavy atom. The summed E-state index contributed by atoms with van der Waals surface area (Å²) in [6.07, 6.45) is 1.01. The third-order valence-electron chi connectivity index (χ3n) is 3.44. The number of carbonyl (C=O) groups is 1. The van der Waals surface area contributed by atoms with Crippen LogP contribution in [0.5, 0.6) is 0 Å². The van der Waals surface area contributed by atoms with Crippen LogP contribution in [0.15, 0.2) is 24.3 Å². The molecule has 0 fully saturated rings. The van der Waals surface area contributed by atoms with E-state index in [1.165, 1.54) is 0 Å². The van der Waals surface area contributed by atoms with E-state index in [0.29, 0.717) is 0 Å². The van der Waals surface area contributed by atoms with E-state index in [0.717, 1.165) is 50.3 Å². The molecule has 0 saturated heterocycles. The Labute approximate surface area is 115 Å². The first-order valence-corrected chi connectivity index (χ1v) is 6.91. The van der Waals surface area contributed by atoms with Crippen molar-refractivity contribution in [2.45, 2.75) is 13.0 Å². The molecule has 4 nitrogen and oxygen atoms in total. The fourth-order valence-corrected chi connectivity index (χ4v) is 2.38. The molecule has 19 heavy (non-hydrogen) atoms. The first kappa shape index (κ1) is 14.0. The van der Waals surface area contributed by atoms with Crippen molar-refractivity contribution in [3.05, 3.63) is 35.4 Å². The number of benzene rings is 1. The summed E-state index contributed by atoms with van der Waals surface area (Å²) < 4.78 is 0. The van der Waals surface area contributed by atoms with Gasteiger partial charge in [0.15, 0.2) is 0 Å². The molecular weight excluding hydrogens is 238 g/mol. The quantitative estimate of drug-likeness (QED) is 0.884. The molecule has 1 aromatic carbocycles. The van der Waals surface area contributed by atoms with Crippen molar-refractivity contribution in [3.63, 3.8) is 0 Å². The summed E-state index contributed by atoms with van der Waals surface area (Å²) in [7, 11) is 4.12. The third kappa shape index (κ3) is 3.78. The average Bonchev–Trinajstić information content (AvgIpc) is 2.39. The molecule has 0 unspecified atom stereocenters. The number of nitrogens with one attached hydrogen (secondary N) is 1. The molecule has 1 aromatic rings. The number of carbonyl (C=O) groups excluding carboxylic acids is 1. The fraction of sp³-hybridized carbons (Fsp3) is 0.533. The zero-order valence-electron chi connectivity index (χ0n) is 11.9. The monoisotopic (exact) mass is 261 g/mol. The van der Waals surface area contributed by atoms with Crippen LogP contribution in [-0.2, 0) is 6.54 Å². The molecule has 1 N–H and O–H groups in total. The van der Waals surface area contributed by atoms with Crippen LogP contribution in [0.1, 0.15) is 22.3 Å². The lowest BCUT2D eigenvalue weighted by Gasteiger charge is -2.27. The van der Waals surface area contributed by atoms with Crippen LogP contribution < -0.4 is 5.32 Å². The summed E-state index contributed by atoms with van der Waals surface area (Å²) in [6.45, 7) is 4.28. The minimum Gasteiger partial charge on any atom is -0.337 e. The van der Waals surface area contributed by atoms with Gasteiger partial charge in [0.2, 0.25) is 0 Å². The highest BCUT2D eigenvalue weighted by molar-refractivity contribution is 5.95. The van der Waals surface area contributed by atoms with Crippen LogP contribution in [-0.4, -0.2) is 56.0 Å². The maximum absolute atomic E-state index is 12.5. The van der Waals surface area contributed by atoms with Gasteiger partial charge in [0.05, 0.1) is 0 Å². The van der Waals surface area contributed by atoms with E-state index < -0.39 is 0 Å². The second-order valence-electron chi connectivity index (χ2n) is 5.28. The van der Waals surface area contributed by atoms with Crippen LogP contribution >= 0.6 is 0 Å². The van der Waals surface area contributed by atoms with Crippen molar-refractivity contribution in [1.29, 1.82) is 0 Å². The van der Waals surface area contributed by atoms with E-state index >= 15 is 0 Å². The van der Waals surface area contributed by atoms with Crippen LogP contribution in [0.3, 0.4) is 0 Å². The first-order valence-electron chi connectivity index (χ1n) is 6.91. The second-order valence-corrected chi connectivity index (χ2v) is 5.28. The Morgan fingerprint density at radius 1 is 1.32 bits per heavy atom. The van der Waals surface area contributed by atoms with Crippen molar-refractivity contribution >= 4 is 5.91 Å². The van der Waals surface area contributed by atoms with Crippen molar-refractivity contribution in [2.24, 2.45) is 0 Å². The Balaban J connectivity index is 2.07. The van der Waals surface area contributed by atoms with E-state index in [2.05, 4.69) is 24.3 Å². The number of amides is 1. The summed E-state index contributed by atoms with van der Waals surface area (Å²) in [4.78, 5) is 16.7. The lowest BCUT2D eigenvalue weighted by molar-refractivity contribution is 0.0745. The molecule has 0 spiro atoms. The van der Waals surface area contributed by atoms with E-state index in [9.17, 15) is 4.79 Å². The lowest BCUT2D eigenvalue weighted by atomic mass is 10.0. The molecule has 1 amide bonds. The van der Waals surface area contributed by atoms with Crippen molar-refractivity contribution in [3.8, 4) is 0 Å². The number of hydrogen-bond acceptors (Lipinski definition) is 3. The minimum atomic E-state index is 0.177. The predicted octanol–water partition coefficient (Wildman–Crippen LogP) is 1.18. The maximum Gasteiger partial charge on any atom is 0.254 e.